The van der Waals surface area contributed by atoms with Crippen molar-refractivity contribution < 1.29 is 0 Å². The molecule has 0 unspecified atom stereocenters. The van der Waals surface area contributed by atoms with Crippen molar-refractivity contribution in [3.63, 3.8) is 0 Å². The lowest BCUT2D eigenvalue weighted by molar-refractivity contribution is 0.661. The summed E-state index contributed by atoms with van der Waals surface area (Å²) in [6.45, 7) is 9.52. The molecule has 358 valence electrons. The van der Waals surface area contributed by atoms with Crippen LogP contribution in [0, 0.1) is 0 Å². The zero-order valence-corrected chi connectivity index (χ0v) is 43.0. The molecule has 76 heavy (non-hydrogen) atoms. The van der Waals surface area contributed by atoms with Crippen LogP contribution in [0.2, 0.25) is 0 Å². The zero-order valence-electron chi connectivity index (χ0n) is 43.0. The van der Waals surface area contributed by atoms with Gasteiger partial charge in [-0.1, -0.05) is 210 Å². The van der Waals surface area contributed by atoms with Crippen molar-refractivity contribution in [2.24, 2.45) is 0 Å². The Kier molecular flexibility index (Phi) is 8.89. The van der Waals surface area contributed by atoms with Gasteiger partial charge in [0.05, 0.1) is 22.1 Å². The van der Waals surface area contributed by atoms with Gasteiger partial charge in [0.2, 0.25) is 0 Å². The summed E-state index contributed by atoms with van der Waals surface area (Å²) in [5.41, 5.74) is 25.1. The van der Waals surface area contributed by atoms with Gasteiger partial charge in [-0.3, -0.25) is 0 Å². The summed E-state index contributed by atoms with van der Waals surface area (Å²) in [6.07, 6.45) is 0. The maximum atomic E-state index is 2.51. The van der Waals surface area contributed by atoms with Crippen LogP contribution in [0.25, 0.3) is 132 Å². The Hall–Kier alpha value is -9.24. The number of aromatic nitrogens is 2. The molecule has 2 heteroatoms. The molecule has 2 aromatic heterocycles. The maximum absolute atomic E-state index is 2.51. The molecule has 0 fully saturated rings. The topological polar surface area (TPSA) is 9.86 Å². The van der Waals surface area contributed by atoms with Crippen LogP contribution in [-0.4, -0.2) is 9.13 Å². The number of hydrogen-bond acceptors (Lipinski definition) is 0. The van der Waals surface area contributed by atoms with Gasteiger partial charge < -0.3 is 9.13 Å². The Morgan fingerprint density at radius 2 is 0.592 bits per heavy atom. The number of fused-ring (bicyclic) bond motifs is 14. The average Bonchev–Trinajstić information content (AvgIpc) is 4.26. The van der Waals surface area contributed by atoms with Gasteiger partial charge in [0.25, 0.3) is 0 Å². The van der Waals surface area contributed by atoms with Gasteiger partial charge in [0.1, 0.15) is 0 Å². The molecular weight excluding hydrogens is 917 g/mol. The van der Waals surface area contributed by atoms with Crippen LogP contribution in [0.4, 0.5) is 0 Å². The Balaban J connectivity index is 0.837. The molecule has 2 aliphatic rings. The van der Waals surface area contributed by atoms with E-state index in [0.29, 0.717) is 0 Å². The highest BCUT2D eigenvalue weighted by Gasteiger charge is 2.38. The molecule has 2 nitrogen and oxygen atoms in total. The minimum atomic E-state index is -0.119. The third kappa shape index (κ3) is 6.04. The van der Waals surface area contributed by atoms with Crippen molar-refractivity contribution in [2.45, 2.75) is 38.5 Å². The third-order valence-electron chi connectivity index (χ3n) is 17.7. The van der Waals surface area contributed by atoms with Gasteiger partial charge in [0.15, 0.2) is 0 Å². The van der Waals surface area contributed by atoms with Gasteiger partial charge in [-0.2, -0.15) is 0 Å². The standard InChI is InChI=1S/C74H52N2/c1-73(2)65-25-11-9-21-57(65)61-41-63-59-37-31-49(55-23-13-17-47-15-5-7-19-53(47)55)39-69(59)75(71(63)43-67(61)73)51-33-27-45(28-34-51)46-29-35-52(36-30-46)76-70-40-50(56-24-14-18-48-16-6-8-20-54(48)56)32-38-60(70)64-42-62-58-22-10-12-26-66(58)74(3,4)68(62)44-72(64)76/h5-44H,1-4H3. The molecule has 0 aliphatic heterocycles. The quantitative estimate of drug-likeness (QED) is 0.163. The molecule has 2 aliphatic carbocycles. The van der Waals surface area contributed by atoms with E-state index in [1.807, 2.05) is 0 Å². The Labute approximate surface area is 442 Å². The summed E-state index contributed by atoms with van der Waals surface area (Å²) >= 11 is 0. The molecule has 0 amide bonds. The lowest BCUT2D eigenvalue weighted by Gasteiger charge is -2.21. The fourth-order valence-electron chi connectivity index (χ4n) is 13.9. The number of rotatable bonds is 5. The third-order valence-corrected chi connectivity index (χ3v) is 17.7. The fourth-order valence-corrected chi connectivity index (χ4v) is 13.9. The molecular formula is C74H52N2. The second-order valence-electron chi connectivity index (χ2n) is 22.5. The molecule has 0 atom stereocenters. The van der Waals surface area contributed by atoms with E-state index in [1.54, 1.807) is 0 Å². The second-order valence-corrected chi connectivity index (χ2v) is 22.5. The highest BCUT2D eigenvalue weighted by molar-refractivity contribution is 6.15. The van der Waals surface area contributed by atoms with Gasteiger partial charge in [-0.15, -0.1) is 0 Å². The van der Waals surface area contributed by atoms with Crippen molar-refractivity contribution in [1.82, 2.24) is 9.13 Å². The van der Waals surface area contributed by atoms with Crippen molar-refractivity contribution in [3.8, 4) is 67.0 Å². The Bertz CT molecular complexity index is 4470. The zero-order chi connectivity index (χ0) is 50.6. The van der Waals surface area contributed by atoms with E-state index in [0.717, 1.165) is 11.4 Å². The predicted octanol–water partition coefficient (Wildman–Crippen LogP) is 19.8. The van der Waals surface area contributed by atoms with E-state index < -0.39 is 0 Å². The largest absolute Gasteiger partial charge is 0.309 e. The van der Waals surface area contributed by atoms with Gasteiger partial charge >= 0.3 is 0 Å². The first-order chi connectivity index (χ1) is 37.2. The summed E-state index contributed by atoms with van der Waals surface area (Å²) in [6, 6.07) is 91.4. The summed E-state index contributed by atoms with van der Waals surface area (Å²) in [4.78, 5) is 0. The number of nitrogens with zero attached hydrogens (tertiary/aromatic N) is 2. The first kappa shape index (κ1) is 43.2. The van der Waals surface area contributed by atoms with E-state index in [-0.39, 0.29) is 10.8 Å². The molecule has 0 spiro atoms. The van der Waals surface area contributed by atoms with Crippen LogP contribution < -0.4 is 0 Å². The van der Waals surface area contributed by atoms with E-state index in [4.69, 9.17) is 0 Å². The van der Waals surface area contributed by atoms with Crippen LogP contribution >= 0.6 is 0 Å². The minimum Gasteiger partial charge on any atom is -0.309 e. The highest BCUT2D eigenvalue weighted by atomic mass is 15.0. The van der Waals surface area contributed by atoms with E-state index in [1.165, 1.54) is 143 Å². The Morgan fingerprint density at radius 1 is 0.237 bits per heavy atom. The fraction of sp³-hybridized carbons (Fsp3) is 0.0811. The minimum absolute atomic E-state index is 0.119. The van der Waals surface area contributed by atoms with E-state index in [9.17, 15) is 0 Å². The molecule has 0 N–H and O–H groups in total. The summed E-state index contributed by atoms with van der Waals surface area (Å²) in [5, 5.41) is 10.1. The molecule has 2 heterocycles. The molecule has 0 saturated carbocycles. The highest BCUT2D eigenvalue weighted by Crippen LogP contribution is 2.53. The SMILES string of the molecule is CC1(C)c2ccccc2-c2cc3c4ccc(-c5cccc6ccccc56)cc4n(-c4ccc(-c5ccc(-n6c7cc(-c8cccc9ccccc89)ccc7c7cc8c(cc76)C(C)(C)c6ccccc6-8)cc5)cc4)c3cc21. The van der Waals surface area contributed by atoms with Crippen LogP contribution in [0.3, 0.4) is 0 Å². The van der Waals surface area contributed by atoms with E-state index >= 15 is 0 Å². The van der Waals surface area contributed by atoms with Crippen LogP contribution in [0.15, 0.2) is 243 Å². The van der Waals surface area contributed by atoms with Crippen molar-refractivity contribution in [1.29, 1.82) is 0 Å². The summed E-state index contributed by atoms with van der Waals surface area (Å²) in [5.74, 6) is 0. The molecule has 12 aromatic carbocycles. The maximum Gasteiger partial charge on any atom is 0.0547 e. The van der Waals surface area contributed by atoms with Crippen molar-refractivity contribution in [2.75, 3.05) is 0 Å². The summed E-state index contributed by atoms with van der Waals surface area (Å²) in [7, 11) is 0. The normalized spacial score (nSPS) is 14.0. The monoisotopic (exact) mass is 968 g/mol. The number of hydrogen-bond donors (Lipinski definition) is 0. The van der Waals surface area contributed by atoms with E-state index in [2.05, 4.69) is 279 Å². The lowest BCUT2D eigenvalue weighted by Crippen LogP contribution is -2.15. The van der Waals surface area contributed by atoms with Gasteiger partial charge in [-0.05, 0) is 160 Å². The van der Waals surface area contributed by atoms with Crippen molar-refractivity contribution >= 4 is 65.2 Å². The van der Waals surface area contributed by atoms with Gasteiger partial charge in [-0.25, -0.2) is 0 Å². The lowest BCUT2D eigenvalue weighted by atomic mass is 9.82. The van der Waals surface area contributed by atoms with Crippen LogP contribution in [0.1, 0.15) is 49.9 Å². The van der Waals surface area contributed by atoms with Crippen LogP contribution in [0.5, 0.6) is 0 Å². The Morgan fingerprint density at radius 3 is 1.04 bits per heavy atom. The molecule has 0 bridgehead atoms. The second kappa shape index (κ2) is 15.6. The van der Waals surface area contributed by atoms with Crippen LogP contribution in [-0.2, 0) is 10.8 Å². The average molecular weight is 969 g/mol. The molecule has 0 radical (unpaired) electrons. The smallest absolute Gasteiger partial charge is 0.0547 e. The number of benzene rings is 12. The first-order valence-electron chi connectivity index (χ1n) is 26.8. The molecule has 14 aromatic rings. The molecule has 16 rings (SSSR count). The van der Waals surface area contributed by atoms with Crippen molar-refractivity contribution in [3.05, 3.63) is 265 Å². The predicted molar refractivity (Wildman–Crippen MR) is 322 cm³/mol. The summed E-state index contributed by atoms with van der Waals surface area (Å²) < 4.78 is 5.02. The first-order valence-corrected chi connectivity index (χ1v) is 26.8. The molecule has 0 saturated heterocycles. The van der Waals surface area contributed by atoms with Gasteiger partial charge in [0, 0.05) is 43.7 Å².